The van der Waals surface area contributed by atoms with Crippen LogP contribution in [0.4, 0.5) is 0 Å². The number of carbonyl (C=O) groups excluding carboxylic acids is 2. The zero-order chi connectivity index (χ0) is 43.7. The van der Waals surface area contributed by atoms with Crippen LogP contribution >= 0.6 is 7.82 Å². The van der Waals surface area contributed by atoms with Gasteiger partial charge in [0, 0.05) is 12.8 Å². The lowest BCUT2D eigenvalue weighted by atomic mass is 10.2. The van der Waals surface area contributed by atoms with Crippen LogP contribution in [-0.2, 0) is 37.5 Å². The molecular weight excluding hydrogens is 773 g/mol. The quantitative estimate of drug-likeness (QED) is 0.0151. The molecule has 59 heavy (non-hydrogen) atoms. The zero-order valence-electron chi connectivity index (χ0n) is 35.7. The number of phosphoric ester groups is 1. The lowest BCUT2D eigenvalue weighted by Gasteiger charge is -2.20. The molecular formula is C46H74NO11P. The number of esters is 2. The van der Waals surface area contributed by atoms with E-state index in [4.69, 9.17) is 24.8 Å². The first-order valence-electron chi connectivity index (χ1n) is 21.4. The van der Waals surface area contributed by atoms with Gasteiger partial charge in [0.25, 0.3) is 0 Å². The number of aliphatic hydroxyl groups is 1. The highest BCUT2D eigenvalue weighted by Crippen LogP contribution is 2.43. The summed E-state index contributed by atoms with van der Waals surface area (Å²) in [5.41, 5.74) is 5.32. The second-order valence-electron chi connectivity index (χ2n) is 14.0. The average molecular weight is 848 g/mol. The largest absolute Gasteiger partial charge is 0.480 e. The number of nitrogens with two attached hydrogens (primary N) is 1. The number of carbonyl (C=O) groups is 3. The Hall–Kier alpha value is -3.64. The van der Waals surface area contributed by atoms with Gasteiger partial charge >= 0.3 is 25.7 Å². The van der Waals surface area contributed by atoms with Crippen LogP contribution in [0.15, 0.2) is 97.2 Å². The molecule has 334 valence electrons. The second kappa shape index (κ2) is 39.8. The maximum absolute atomic E-state index is 12.6. The smallest absolute Gasteiger partial charge is 0.472 e. The summed E-state index contributed by atoms with van der Waals surface area (Å²) in [6.07, 6.45) is 46.5. The van der Waals surface area contributed by atoms with E-state index in [1.165, 1.54) is 38.5 Å². The first-order valence-corrected chi connectivity index (χ1v) is 22.9. The maximum atomic E-state index is 12.6. The number of allylic oxidation sites excluding steroid dienone is 14. The van der Waals surface area contributed by atoms with Crippen LogP contribution in [-0.4, -0.2) is 71.1 Å². The highest BCUT2D eigenvalue weighted by molar-refractivity contribution is 7.47. The molecule has 0 bridgehead atoms. The summed E-state index contributed by atoms with van der Waals surface area (Å²) >= 11 is 0. The number of unbranched alkanes of at least 4 members (excludes halogenated alkanes) is 8. The summed E-state index contributed by atoms with van der Waals surface area (Å²) in [5.74, 6) is -2.59. The maximum Gasteiger partial charge on any atom is 0.472 e. The molecule has 0 saturated heterocycles. The molecule has 0 saturated carbocycles. The van der Waals surface area contributed by atoms with Crippen molar-refractivity contribution in [1.82, 2.24) is 0 Å². The summed E-state index contributed by atoms with van der Waals surface area (Å²) < 4.78 is 32.5. The molecule has 0 aliphatic carbocycles. The first-order chi connectivity index (χ1) is 28.5. The Balaban J connectivity index is 4.65. The van der Waals surface area contributed by atoms with E-state index >= 15 is 0 Å². The summed E-state index contributed by atoms with van der Waals surface area (Å²) in [4.78, 5) is 45.9. The predicted molar refractivity (Wildman–Crippen MR) is 236 cm³/mol. The van der Waals surface area contributed by atoms with Gasteiger partial charge in [0.15, 0.2) is 6.10 Å². The van der Waals surface area contributed by atoms with Crippen molar-refractivity contribution in [3.05, 3.63) is 97.2 Å². The van der Waals surface area contributed by atoms with E-state index in [0.29, 0.717) is 38.5 Å². The van der Waals surface area contributed by atoms with Crippen molar-refractivity contribution in [3.8, 4) is 0 Å². The Morgan fingerprint density at radius 3 is 1.63 bits per heavy atom. The van der Waals surface area contributed by atoms with E-state index in [1.807, 2.05) is 48.6 Å². The molecule has 0 heterocycles. The van der Waals surface area contributed by atoms with Gasteiger partial charge in [0.05, 0.1) is 19.3 Å². The normalized spacial score (nSPS) is 15.2. The lowest BCUT2D eigenvalue weighted by Crippen LogP contribution is -2.34. The third-order valence-corrected chi connectivity index (χ3v) is 9.34. The zero-order valence-corrected chi connectivity index (χ0v) is 36.6. The molecule has 5 N–H and O–H groups in total. The van der Waals surface area contributed by atoms with Crippen LogP contribution in [0.1, 0.15) is 136 Å². The van der Waals surface area contributed by atoms with Gasteiger partial charge in [-0.1, -0.05) is 137 Å². The van der Waals surface area contributed by atoms with E-state index in [0.717, 1.165) is 32.1 Å². The molecule has 4 atom stereocenters. The van der Waals surface area contributed by atoms with E-state index in [2.05, 4.69) is 60.9 Å². The molecule has 0 fully saturated rings. The molecule has 0 aromatic rings. The molecule has 1 unspecified atom stereocenters. The van der Waals surface area contributed by atoms with E-state index in [9.17, 15) is 28.9 Å². The number of rotatable bonds is 38. The highest BCUT2D eigenvalue weighted by Gasteiger charge is 2.28. The minimum absolute atomic E-state index is 0.0338. The van der Waals surface area contributed by atoms with Gasteiger partial charge in [-0.25, -0.2) is 4.57 Å². The van der Waals surface area contributed by atoms with Gasteiger partial charge in [0.2, 0.25) is 0 Å². The number of ether oxygens (including phenoxy) is 2. The highest BCUT2D eigenvalue weighted by atomic mass is 31.2. The number of phosphoric acid groups is 1. The average Bonchev–Trinajstić information content (AvgIpc) is 3.21. The fourth-order valence-electron chi connectivity index (χ4n) is 4.95. The van der Waals surface area contributed by atoms with Gasteiger partial charge in [-0.15, -0.1) is 0 Å². The molecule has 0 aromatic heterocycles. The molecule has 0 aliphatic heterocycles. The Bertz CT molecular complexity index is 1380. The Kier molecular flexibility index (Phi) is 37.3. The topological polar surface area (TPSA) is 192 Å². The van der Waals surface area contributed by atoms with E-state index in [1.54, 1.807) is 6.08 Å². The molecule has 0 spiro atoms. The summed E-state index contributed by atoms with van der Waals surface area (Å²) in [7, 11) is -4.77. The van der Waals surface area contributed by atoms with E-state index < -0.39 is 63.8 Å². The molecule has 0 radical (unpaired) electrons. The Morgan fingerprint density at radius 1 is 0.610 bits per heavy atom. The van der Waals surface area contributed by atoms with Gasteiger partial charge in [0.1, 0.15) is 12.6 Å². The molecule has 0 rings (SSSR count). The van der Waals surface area contributed by atoms with Gasteiger partial charge in [-0.05, 0) is 83.5 Å². The van der Waals surface area contributed by atoms with Gasteiger partial charge in [-0.3, -0.25) is 23.4 Å². The van der Waals surface area contributed by atoms with Gasteiger partial charge < -0.3 is 30.3 Å². The van der Waals surface area contributed by atoms with Crippen LogP contribution < -0.4 is 5.73 Å². The summed E-state index contributed by atoms with van der Waals surface area (Å²) in [6, 6.07) is -1.55. The molecule has 13 heteroatoms. The van der Waals surface area contributed by atoms with Crippen molar-refractivity contribution < 1.29 is 52.6 Å². The van der Waals surface area contributed by atoms with Crippen LogP contribution in [0, 0.1) is 0 Å². The first kappa shape index (κ1) is 55.4. The number of hydrogen-bond acceptors (Lipinski definition) is 10. The molecule has 0 aromatic carbocycles. The molecule has 12 nitrogen and oxygen atoms in total. The predicted octanol–water partition coefficient (Wildman–Crippen LogP) is 10.2. The second-order valence-corrected chi connectivity index (χ2v) is 15.4. The summed E-state index contributed by atoms with van der Waals surface area (Å²) in [5, 5.41) is 18.9. The van der Waals surface area contributed by atoms with Crippen molar-refractivity contribution in [2.45, 2.75) is 154 Å². The number of carboxylic acid groups (broad SMARTS) is 1. The van der Waals surface area contributed by atoms with Crippen LogP contribution in [0.3, 0.4) is 0 Å². The minimum Gasteiger partial charge on any atom is -0.480 e. The monoisotopic (exact) mass is 847 g/mol. The number of carboxylic acids is 1. The fraction of sp³-hybridized carbons (Fsp3) is 0.587. The van der Waals surface area contributed by atoms with E-state index in [-0.39, 0.29) is 12.8 Å². The van der Waals surface area contributed by atoms with Crippen LogP contribution in [0.5, 0.6) is 0 Å². The Labute approximate surface area is 354 Å². The standard InChI is InChI=1S/C46H74NO11P/c1-3-5-7-9-11-12-13-14-15-16-17-18-19-20-24-28-32-36-44(49)55-38-42(39-56-59(53,54)57-40-43(47)46(51)52)58-45(50)37-33-29-25-21-23-27-31-35-41(48)34-30-26-22-10-8-6-4-2/h11-12,14-15,17-18,20-22,24-27,30-31,34,41-43,48H,3-10,13,16,19,23,28-29,32-33,35-40,47H2,1-2H3,(H,51,52)(H,53,54)/b12-11-,15-14-,18-17-,24-20-,25-21+,26-22-,31-27-,34-30-/t41-,42+,43-/m0/s1. The SMILES string of the molecule is CCCCC/C=C\C=C/[C@H](O)C/C=C\C/C=C/CCCC(=O)O[C@H](COC(=O)CCC/C=C\C/C=C\C/C=C\C/C=C\CCCCC)COP(=O)(O)OC[C@H](N)C(=O)O. The molecule has 0 aliphatic rings. The third kappa shape index (κ3) is 39.6. The Morgan fingerprint density at radius 2 is 1.08 bits per heavy atom. The number of hydrogen-bond donors (Lipinski definition) is 4. The lowest BCUT2D eigenvalue weighted by molar-refractivity contribution is -0.161. The fourth-order valence-corrected chi connectivity index (χ4v) is 5.73. The van der Waals surface area contributed by atoms with Crippen molar-refractivity contribution in [2.24, 2.45) is 5.73 Å². The number of aliphatic hydroxyl groups excluding tert-OH is 1. The van der Waals surface area contributed by atoms with Crippen LogP contribution in [0.2, 0.25) is 0 Å². The van der Waals surface area contributed by atoms with Crippen LogP contribution in [0.25, 0.3) is 0 Å². The van der Waals surface area contributed by atoms with Crippen molar-refractivity contribution in [3.63, 3.8) is 0 Å². The van der Waals surface area contributed by atoms with Crippen molar-refractivity contribution >= 4 is 25.7 Å². The van der Waals surface area contributed by atoms with Gasteiger partial charge in [-0.2, -0.15) is 0 Å². The molecule has 0 amide bonds. The van der Waals surface area contributed by atoms with Crippen molar-refractivity contribution in [2.75, 3.05) is 19.8 Å². The minimum atomic E-state index is -4.77. The third-order valence-electron chi connectivity index (χ3n) is 8.39. The van der Waals surface area contributed by atoms with Crippen molar-refractivity contribution in [1.29, 1.82) is 0 Å². The number of aliphatic carboxylic acids is 1. The summed E-state index contributed by atoms with van der Waals surface area (Å²) in [6.45, 7) is 2.52.